The first kappa shape index (κ1) is 17.6. The molecule has 0 aliphatic carbocycles. The van der Waals surface area contributed by atoms with Crippen molar-refractivity contribution in [2.45, 2.75) is 32.6 Å². The van der Waals surface area contributed by atoms with Crippen molar-refractivity contribution in [1.82, 2.24) is 4.90 Å². The summed E-state index contributed by atoms with van der Waals surface area (Å²) in [6.07, 6.45) is 7.74. The monoisotopic (exact) mass is 291 g/mol. The van der Waals surface area contributed by atoms with Gasteiger partial charge < -0.3 is 4.90 Å². The Balaban J connectivity index is 2.63. The molecule has 0 aliphatic heterocycles. The SMILES string of the molecule is CCCCC[C@@H](CN(C)C)C(=O)/C=C/c1ccc(F)cc1. The zero-order valence-electron chi connectivity index (χ0n) is 13.3. The van der Waals surface area contributed by atoms with E-state index in [1.165, 1.54) is 18.6 Å². The molecule has 0 radical (unpaired) electrons. The predicted octanol–water partition coefficient (Wildman–Crippen LogP) is 4.17. The molecule has 3 heteroatoms. The highest BCUT2D eigenvalue weighted by Crippen LogP contribution is 2.14. The van der Waals surface area contributed by atoms with Gasteiger partial charge in [0.2, 0.25) is 0 Å². The maximum Gasteiger partial charge on any atom is 0.160 e. The highest BCUT2D eigenvalue weighted by molar-refractivity contribution is 5.95. The Morgan fingerprint density at radius 2 is 1.90 bits per heavy atom. The molecule has 1 aromatic carbocycles. The van der Waals surface area contributed by atoms with Gasteiger partial charge in [0, 0.05) is 12.5 Å². The van der Waals surface area contributed by atoms with Crippen molar-refractivity contribution in [2.75, 3.05) is 20.6 Å². The molecule has 0 saturated carbocycles. The average molecular weight is 291 g/mol. The van der Waals surface area contributed by atoms with Gasteiger partial charge in [-0.1, -0.05) is 44.4 Å². The Bertz CT molecular complexity index is 451. The number of carbonyl (C=O) groups is 1. The standard InChI is InChI=1S/C18H26FNO/c1-4-5-6-7-16(14-20(2)3)18(21)13-10-15-8-11-17(19)12-9-15/h8-13,16H,4-7,14H2,1-3H3/b13-10+/t16-/m0/s1. The van der Waals surface area contributed by atoms with E-state index in [2.05, 4.69) is 11.8 Å². The normalized spacial score (nSPS) is 13.0. The Morgan fingerprint density at radius 3 is 2.48 bits per heavy atom. The predicted molar refractivity (Wildman–Crippen MR) is 86.6 cm³/mol. The summed E-state index contributed by atoms with van der Waals surface area (Å²) in [6.45, 7) is 2.94. The van der Waals surface area contributed by atoms with E-state index >= 15 is 0 Å². The van der Waals surface area contributed by atoms with Crippen molar-refractivity contribution in [3.63, 3.8) is 0 Å². The second-order valence-electron chi connectivity index (χ2n) is 5.74. The summed E-state index contributed by atoms with van der Waals surface area (Å²) in [5, 5.41) is 0. The van der Waals surface area contributed by atoms with Crippen molar-refractivity contribution in [3.05, 3.63) is 41.7 Å². The molecule has 0 unspecified atom stereocenters. The van der Waals surface area contributed by atoms with Gasteiger partial charge in [-0.2, -0.15) is 0 Å². The van der Waals surface area contributed by atoms with Crippen LogP contribution in [0.25, 0.3) is 6.08 Å². The molecule has 0 fully saturated rings. The van der Waals surface area contributed by atoms with Gasteiger partial charge in [0.15, 0.2) is 5.78 Å². The zero-order valence-corrected chi connectivity index (χ0v) is 13.3. The lowest BCUT2D eigenvalue weighted by atomic mass is 9.95. The van der Waals surface area contributed by atoms with E-state index in [4.69, 9.17) is 0 Å². The minimum atomic E-state index is -0.261. The molecule has 21 heavy (non-hydrogen) atoms. The van der Waals surface area contributed by atoms with Gasteiger partial charge >= 0.3 is 0 Å². The molecule has 0 aliphatic rings. The van der Waals surface area contributed by atoms with E-state index < -0.39 is 0 Å². The Labute approximate surface area is 127 Å². The van der Waals surface area contributed by atoms with E-state index in [1.807, 2.05) is 14.1 Å². The number of nitrogens with zero attached hydrogens (tertiary/aromatic N) is 1. The molecule has 1 aromatic rings. The fourth-order valence-corrected chi connectivity index (χ4v) is 2.29. The highest BCUT2D eigenvalue weighted by Gasteiger charge is 2.16. The van der Waals surface area contributed by atoms with Crippen LogP contribution < -0.4 is 0 Å². The number of rotatable bonds is 9. The summed E-state index contributed by atoms with van der Waals surface area (Å²) in [5.41, 5.74) is 0.849. The molecule has 0 aromatic heterocycles. The van der Waals surface area contributed by atoms with Crippen LogP contribution in [0.3, 0.4) is 0 Å². The van der Waals surface area contributed by atoms with E-state index in [0.717, 1.165) is 31.4 Å². The fraction of sp³-hybridized carbons (Fsp3) is 0.500. The number of unbranched alkanes of at least 4 members (excludes halogenated alkanes) is 2. The third kappa shape index (κ3) is 7.19. The molecule has 0 saturated heterocycles. The lowest BCUT2D eigenvalue weighted by Crippen LogP contribution is -2.27. The number of hydrogen-bond acceptors (Lipinski definition) is 2. The molecule has 0 heterocycles. The summed E-state index contributed by atoms with van der Waals surface area (Å²) >= 11 is 0. The van der Waals surface area contributed by atoms with Gasteiger partial charge in [-0.25, -0.2) is 4.39 Å². The van der Waals surface area contributed by atoms with Gasteiger partial charge in [-0.05, 0) is 44.3 Å². The first-order chi connectivity index (χ1) is 10.0. The molecular formula is C18H26FNO. The number of halogens is 1. The quantitative estimate of drug-likeness (QED) is 0.503. The molecule has 0 bridgehead atoms. The Hall–Kier alpha value is -1.48. The summed E-state index contributed by atoms with van der Waals surface area (Å²) < 4.78 is 12.8. The third-order valence-electron chi connectivity index (χ3n) is 3.45. The molecule has 0 amide bonds. The van der Waals surface area contributed by atoms with Crippen molar-refractivity contribution in [2.24, 2.45) is 5.92 Å². The van der Waals surface area contributed by atoms with E-state index in [0.29, 0.717) is 0 Å². The number of carbonyl (C=O) groups excluding carboxylic acids is 1. The van der Waals surface area contributed by atoms with Crippen molar-refractivity contribution in [1.29, 1.82) is 0 Å². The van der Waals surface area contributed by atoms with Gasteiger partial charge in [-0.3, -0.25) is 4.79 Å². The average Bonchev–Trinajstić information content (AvgIpc) is 2.45. The van der Waals surface area contributed by atoms with Crippen LogP contribution in [0.1, 0.15) is 38.2 Å². The van der Waals surface area contributed by atoms with Crippen LogP contribution >= 0.6 is 0 Å². The van der Waals surface area contributed by atoms with Crippen LogP contribution in [0.15, 0.2) is 30.3 Å². The number of ketones is 1. The van der Waals surface area contributed by atoms with Crippen molar-refractivity contribution < 1.29 is 9.18 Å². The van der Waals surface area contributed by atoms with Gasteiger partial charge in [-0.15, -0.1) is 0 Å². The Morgan fingerprint density at radius 1 is 1.24 bits per heavy atom. The number of benzene rings is 1. The Kier molecular flexibility index (Phi) is 7.91. The van der Waals surface area contributed by atoms with Crippen molar-refractivity contribution >= 4 is 11.9 Å². The summed E-state index contributed by atoms with van der Waals surface area (Å²) in [4.78, 5) is 14.4. The first-order valence-electron chi connectivity index (χ1n) is 7.65. The molecule has 0 spiro atoms. The summed E-state index contributed by atoms with van der Waals surface area (Å²) in [5.74, 6) is -0.0593. The topological polar surface area (TPSA) is 20.3 Å². The molecule has 116 valence electrons. The van der Waals surface area contributed by atoms with E-state index in [9.17, 15) is 9.18 Å². The maximum absolute atomic E-state index is 12.8. The summed E-state index contributed by atoms with van der Waals surface area (Å²) in [6, 6.07) is 6.17. The zero-order chi connectivity index (χ0) is 15.7. The maximum atomic E-state index is 12.8. The van der Waals surface area contributed by atoms with Crippen LogP contribution in [-0.2, 0) is 4.79 Å². The van der Waals surface area contributed by atoms with Gasteiger partial charge in [0.05, 0.1) is 0 Å². The third-order valence-corrected chi connectivity index (χ3v) is 3.45. The molecule has 1 atom stereocenters. The summed E-state index contributed by atoms with van der Waals surface area (Å²) in [7, 11) is 3.98. The molecule has 0 N–H and O–H groups in total. The van der Waals surface area contributed by atoms with E-state index in [1.54, 1.807) is 24.3 Å². The highest BCUT2D eigenvalue weighted by atomic mass is 19.1. The minimum absolute atomic E-state index is 0.0447. The van der Waals surface area contributed by atoms with Gasteiger partial charge in [0.1, 0.15) is 5.82 Å². The molecular weight excluding hydrogens is 265 g/mol. The molecule has 2 nitrogen and oxygen atoms in total. The van der Waals surface area contributed by atoms with Crippen LogP contribution in [-0.4, -0.2) is 31.3 Å². The lowest BCUT2D eigenvalue weighted by molar-refractivity contribution is -0.118. The smallest absolute Gasteiger partial charge is 0.160 e. The minimum Gasteiger partial charge on any atom is -0.309 e. The second-order valence-corrected chi connectivity index (χ2v) is 5.74. The van der Waals surface area contributed by atoms with Crippen molar-refractivity contribution in [3.8, 4) is 0 Å². The van der Waals surface area contributed by atoms with Crippen LogP contribution in [0.4, 0.5) is 4.39 Å². The molecule has 1 rings (SSSR count). The largest absolute Gasteiger partial charge is 0.309 e. The second kappa shape index (κ2) is 9.46. The number of hydrogen-bond donors (Lipinski definition) is 0. The van der Waals surface area contributed by atoms with Crippen LogP contribution in [0, 0.1) is 11.7 Å². The van der Waals surface area contributed by atoms with E-state index in [-0.39, 0.29) is 17.5 Å². The fourth-order valence-electron chi connectivity index (χ4n) is 2.29. The first-order valence-corrected chi connectivity index (χ1v) is 7.65. The van der Waals surface area contributed by atoms with Crippen LogP contribution in [0.2, 0.25) is 0 Å². The lowest BCUT2D eigenvalue weighted by Gasteiger charge is -2.18. The van der Waals surface area contributed by atoms with Gasteiger partial charge in [0.25, 0.3) is 0 Å². The number of allylic oxidation sites excluding steroid dienone is 1. The van der Waals surface area contributed by atoms with Crippen LogP contribution in [0.5, 0.6) is 0 Å².